The molecule has 2 atom stereocenters. The van der Waals surface area contributed by atoms with E-state index in [9.17, 15) is 0 Å². The van der Waals surface area contributed by atoms with Gasteiger partial charge in [0, 0.05) is 37.4 Å². The third-order valence-electron chi connectivity index (χ3n) is 4.92. The molecule has 2 N–H and O–H groups in total. The van der Waals surface area contributed by atoms with E-state index in [1.807, 2.05) is 41.9 Å². The van der Waals surface area contributed by atoms with Crippen LogP contribution in [-0.4, -0.2) is 33.8 Å². The number of hydrogen-bond acceptors (Lipinski definition) is 4. The monoisotopic (exact) mass is 336 g/mol. The number of benzene rings is 1. The lowest BCUT2D eigenvalue weighted by Crippen LogP contribution is -2.28. The molecule has 0 spiro atoms. The highest BCUT2D eigenvalue weighted by molar-refractivity contribution is 5.58. The van der Waals surface area contributed by atoms with Crippen molar-refractivity contribution in [3.05, 3.63) is 60.0 Å². The number of hydrogen-bond donors (Lipinski definition) is 1. The molecule has 0 bridgehead atoms. The summed E-state index contributed by atoms with van der Waals surface area (Å²) < 4.78 is 7.78. The molecule has 1 aromatic carbocycles. The Kier molecular flexibility index (Phi) is 4.19. The maximum absolute atomic E-state index is 6.19. The Balaban J connectivity index is 1.69. The number of nitrogens with two attached hydrogens (primary N) is 1. The van der Waals surface area contributed by atoms with E-state index in [-0.39, 0.29) is 6.04 Å². The Morgan fingerprint density at radius 1 is 1.16 bits per heavy atom. The van der Waals surface area contributed by atoms with Crippen molar-refractivity contribution in [2.75, 3.05) is 13.1 Å². The van der Waals surface area contributed by atoms with Crippen LogP contribution in [0.2, 0.25) is 0 Å². The van der Waals surface area contributed by atoms with E-state index >= 15 is 0 Å². The van der Waals surface area contributed by atoms with Crippen molar-refractivity contribution in [3.63, 3.8) is 0 Å². The SMILES string of the molecule is Cc1ccc(-c2nn(-c3ccccc3)cc2CN2CC(C)C(N)C2)o1. The first-order chi connectivity index (χ1) is 12.1. The largest absolute Gasteiger partial charge is 0.460 e. The second-order valence-corrected chi connectivity index (χ2v) is 7.03. The van der Waals surface area contributed by atoms with Crippen molar-refractivity contribution in [1.82, 2.24) is 14.7 Å². The smallest absolute Gasteiger partial charge is 0.154 e. The van der Waals surface area contributed by atoms with E-state index < -0.39 is 0 Å². The van der Waals surface area contributed by atoms with Gasteiger partial charge in [0.2, 0.25) is 0 Å². The Labute approximate surface area is 148 Å². The van der Waals surface area contributed by atoms with Gasteiger partial charge in [-0.2, -0.15) is 5.10 Å². The summed E-state index contributed by atoms with van der Waals surface area (Å²) in [7, 11) is 0. The first kappa shape index (κ1) is 16.1. The topological polar surface area (TPSA) is 60.2 Å². The third-order valence-corrected chi connectivity index (χ3v) is 4.92. The second-order valence-electron chi connectivity index (χ2n) is 7.03. The molecule has 2 unspecified atom stereocenters. The summed E-state index contributed by atoms with van der Waals surface area (Å²) in [5.41, 5.74) is 9.31. The highest BCUT2D eigenvalue weighted by atomic mass is 16.3. The molecule has 0 saturated carbocycles. The predicted molar refractivity (Wildman–Crippen MR) is 98.4 cm³/mol. The molecule has 2 aromatic heterocycles. The minimum Gasteiger partial charge on any atom is -0.460 e. The molecule has 0 amide bonds. The molecule has 4 rings (SSSR count). The zero-order valence-electron chi connectivity index (χ0n) is 14.7. The van der Waals surface area contributed by atoms with Crippen LogP contribution in [0, 0.1) is 12.8 Å². The Hall–Kier alpha value is -2.37. The summed E-state index contributed by atoms with van der Waals surface area (Å²) in [6, 6.07) is 14.4. The Morgan fingerprint density at radius 3 is 2.60 bits per heavy atom. The van der Waals surface area contributed by atoms with Crippen LogP contribution < -0.4 is 5.73 Å². The molecule has 1 fully saturated rings. The van der Waals surface area contributed by atoms with Crippen molar-refractivity contribution < 1.29 is 4.42 Å². The molecule has 25 heavy (non-hydrogen) atoms. The number of aromatic nitrogens is 2. The van der Waals surface area contributed by atoms with Crippen molar-refractivity contribution in [2.24, 2.45) is 11.7 Å². The fourth-order valence-corrected chi connectivity index (χ4v) is 3.47. The molecule has 0 aliphatic carbocycles. The summed E-state index contributed by atoms with van der Waals surface area (Å²) in [4.78, 5) is 2.40. The molecule has 5 nitrogen and oxygen atoms in total. The average Bonchev–Trinajstić information content (AvgIpc) is 3.29. The lowest BCUT2D eigenvalue weighted by molar-refractivity contribution is 0.319. The average molecular weight is 336 g/mol. The Morgan fingerprint density at radius 2 is 1.96 bits per heavy atom. The van der Waals surface area contributed by atoms with Crippen molar-refractivity contribution in [2.45, 2.75) is 26.4 Å². The molecule has 3 heterocycles. The molecule has 3 aromatic rings. The molecule has 1 saturated heterocycles. The van der Waals surface area contributed by atoms with Gasteiger partial charge in [-0.25, -0.2) is 4.68 Å². The third kappa shape index (κ3) is 3.25. The molecular weight excluding hydrogens is 312 g/mol. The molecule has 130 valence electrons. The van der Waals surface area contributed by atoms with Gasteiger partial charge in [-0.3, -0.25) is 4.90 Å². The molecule has 0 radical (unpaired) electrons. The fourth-order valence-electron chi connectivity index (χ4n) is 3.47. The minimum atomic E-state index is 0.249. The van der Waals surface area contributed by atoms with Gasteiger partial charge >= 0.3 is 0 Å². The summed E-state index contributed by atoms with van der Waals surface area (Å²) in [5.74, 6) is 2.24. The number of nitrogens with zero attached hydrogens (tertiary/aromatic N) is 3. The van der Waals surface area contributed by atoms with Gasteiger partial charge in [0.1, 0.15) is 11.5 Å². The van der Waals surface area contributed by atoms with E-state index in [2.05, 4.69) is 30.2 Å². The highest BCUT2D eigenvalue weighted by Gasteiger charge is 2.28. The van der Waals surface area contributed by atoms with Crippen LogP contribution in [0.25, 0.3) is 17.1 Å². The van der Waals surface area contributed by atoms with E-state index in [1.165, 1.54) is 5.56 Å². The quantitative estimate of drug-likeness (QED) is 0.795. The maximum Gasteiger partial charge on any atom is 0.154 e. The maximum atomic E-state index is 6.19. The molecule has 5 heteroatoms. The van der Waals surface area contributed by atoms with Crippen LogP contribution in [0.15, 0.2) is 53.1 Å². The molecule has 1 aliphatic heterocycles. The second kappa shape index (κ2) is 6.50. The van der Waals surface area contributed by atoms with Crippen LogP contribution in [-0.2, 0) is 6.54 Å². The van der Waals surface area contributed by atoms with Crippen LogP contribution >= 0.6 is 0 Å². The number of rotatable bonds is 4. The van der Waals surface area contributed by atoms with Crippen LogP contribution in [0.4, 0.5) is 0 Å². The summed E-state index contributed by atoms with van der Waals surface area (Å²) in [6.45, 7) is 6.95. The van der Waals surface area contributed by atoms with Gasteiger partial charge in [-0.1, -0.05) is 25.1 Å². The van der Waals surface area contributed by atoms with E-state index in [4.69, 9.17) is 15.2 Å². The van der Waals surface area contributed by atoms with Crippen molar-refractivity contribution in [3.8, 4) is 17.1 Å². The highest BCUT2D eigenvalue weighted by Crippen LogP contribution is 2.28. The molecule has 1 aliphatic rings. The van der Waals surface area contributed by atoms with E-state index in [0.717, 1.165) is 42.5 Å². The predicted octanol–water partition coefficient (Wildman–Crippen LogP) is 3.22. The van der Waals surface area contributed by atoms with Crippen LogP contribution in [0.3, 0.4) is 0 Å². The first-order valence-corrected chi connectivity index (χ1v) is 8.79. The number of para-hydroxylation sites is 1. The summed E-state index contributed by atoms with van der Waals surface area (Å²) in [6.07, 6.45) is 2.11. The zero-order valence-corrected chi connectivity index (χ0v) is 14.7. The van der Waals surface area contributed by atoms with Gasteiger partial charge in [-0.05, 0) is 37.1 Å². The van der Waals surface area contributed by atoms with Crippen LogP contribution in [0.5, 0.6) is 0 Å². The van der Waals surface area contributed by atoms with Gasteiger partial charge < -0.3 is 10.2 Å². The fraction of sp³-hybridized carbons (Fsp3) is 0.350. The lowest BCUT2D eigenvalue weighted by Gasteiger charge is -2.14. The van der Waals surface area contributed by atoms with E-state index in [1.54, 1.807) is 0 Å². The van der Waals surface area contributed by atoms with Gasteiger partial charge in [0.15, 0.2) is 5.76 Å². The number of likely N-dealkylation sites (tertiary alicyclic amines) is 1. The zero-order chi connectivity index (χ0) is 17.4. The van der Waals surface area contributed by atoms with Crippen molar-refractivity contribution in [1.29, 1.82) is 0 Å². The van der Waals surface area contributed by atoms with Gasteiger partial charge in [-0.15, -0.1) is 0 Å². The van der Waals surface area contributed by atoms with Crippen LogP contribution in [0.1, 0.15) is 18.2 Å². The number of aryl methyl sites for hydroxylation is 1. The standard InChI is InChI=1S/C20H24N4O/c1-14-10-23(13-18(14)21)11-16-12-24(17-6-4-3-5-7-17)22-20(16)19-9-8-15(2)25-19/h3-9,12,14,18H,10-11,13,21H2,1-2H3. The first-order valence-electron chi connectivity index (χ1n) is 8.79. The normalized spacial score (nSPS) is 21.1. The van der Waals surface area contributed by atoms with Gasteiger partial charge in [0.05, 0.1) is 5.69 Å². The minimum absolute atomic E-state index is 0.249. The molecular formula is C20H24N4O. The lowest BCUT2D eigenvalue weighted by atomic mass is 10.1. The summed E-state index contributed by atoms with van der Waals surface area (Å²) >= 11 is 0. The van der Waals surface area contributed by atoms with E-state index in [0.29, 0.717) is 5.92 Å². The van der Waals surface area contributed by atoms with Crippen molar-refractivity contribution >= 4 is 0 Å². The summed E-state index contributed by atoms with van der Waals surface area (Å²) in [5, 5.41) is 4.81. The van der Waals surface area contributed by atoms with Gasteiger partial charge in [0.25, 0.3) is 0 Å². The number of furan rings is 1. The Bertz CT molecular complexity index is 842.